The van der Waals surface area contributed by atoms with Crippen LogP contribution in [0.4, 0.5) is 5.82 Å². The van der Waals surface area contributed by atoms with Crippen LogP contribution in [0.15, 0.2) is 0 Å². The number of aromatic nitrogens is 2. The molecule has 2 rings (SSSR count). The van der Waals surface area contributed by atoms with Gasteiger partial charge in [-0.25, -0.2) is 0 Å². The van der Waals surface area contributed by atoms with Gasteiger partial charge in [0.2, 0.25) is 0 Å². The van der Waals surface area contributed by atoms with E-state index in [4.69, 9.17) is 0 Å². The molecule has 2 heterocycles. The molecule has 1 atom stereocenters. The normalized spacial score (nSPS) is 19.9. The van der Waals surface area contributed by atoms with Gasteiger partial charge in [-0.3, -0.25) is 0 Å². The number of aryl methyl sites for hydroxylation is 1. The molecule has 20 heavy (non-hydrogen) atoms. The number of piperazine rings is 1. The molecule has 0 bridgehead atoms. The molecule has 1 aliphatic rings. The zero-order valence-electron chi connectivity index (χ0n) is 12.8. The SMILES string of the molecule is CCc1nnc(N2CCN(C)CC2C)c(C#N)c1CC. The van der Waals surface area contributed by atoms with Crippen molar-refractivity contribution in [3.8, 4) is 6.07 Å². The summed E-state index contributed by atoms with van der Waals surface area (Å²) < 4.78 is 0. The molecule has 1 fully saturated rings. The molecule has 1 aliphatic heterocycles. The Labute approximate surface area is 121 Å². The molecule has 0 saturated carbocycles. The zero-order chi connectivity index (χ0) is 14.7. The van der Waals surface area contributed by atoms with Gasteiger partial charge in [-0.1, -0.05) is 13.8 Å². The number of anilines is 1. The number of likely N-dealkylation sites (N-methyl/N-ethyl adjacent to an activating group) is 1. The largest absolute Gasteiger partial charge is 0.349 e. The van der Waals surface area contributed by atoms with Gasteiger partial charge < -0.3 is 9.80 Å². The minimum absolute atomic E-state index is 0.354. The molecule has 5 nitrogen and oxygen atoms in total. The smallest absolute Gasteiger partial charge is 0.169 e. The summed E-state index contributed by atoms with van der Waals surface area (Å²) in [6, 6.07) is 2.72. The lowest BCUT2D eigenvalue weighted by Gasteiger charge is -2.39. The second kappa shape index (κ2) is 6.19. The molecule has 108 valence electrons. The fourth-order valence-corrected chi connectivity index (χ4v) is 2.94. The van der Waals surface area contributed by atoms with E-state index in [9.17, 15) is 5.26 Å². The summed E-state index contributed by atoms with van der Waals surface area (Å²) in [7, 11) is 2.13. The van der Waals surface area contributed by atoms with Gasteiger partial charge in [-0.05, 0) is 32.4 Å². The van der Waals surface area contributed by atoms with Crippen LogP contribution in [0, 0.1) is 11.3 Å². The molecule has 1 unspecified atom stereocenters. The summed E-state index contributed by atoms with van der Waals surface area (Å²) in [6.45, 7) is 9.20. The lowest BCUT2D eigenvalue weighted by atomic mass is 10.0. The molecule has 0 radical (unpaired) electrons. The Morgan fingerprint density at radius 1 is 1.25 bits per heavy atom. The maximum Gasteiger partial charge on any atom is 0.169 e. The van der Waals surface area contributed by atoms with Gasteiger partial charge in [0.15, 0.2) is 5.82 Å². The van der Waals surface area contributed by atoms with Gasteiger partial charge in [0.05, 0.1) is 5.69 Å². The summed E-state index contributed by atoms with van der Waals surface area (Å²) in [5.74, 6) is 0.766. The molecule has 5 heteroatoms. The number of hydrogen-bond acceptors (Lipinski definition) is 5. The van der Waals surface area contributed by atoms with Gasteiger partial charge >= 0.3 is 0 Å². The highest BCUT2D eigenvalue weighted by atomic mass is 15.3. The van der Waals surface area contributed by atoms with E-state index in [2.05, 4.69) is 53.9 Å². The molecule has 1 aromatic rings. The van der Waals surface area contributed by atoms with Crippen molar-refractivity contribution in [3.05, 3.63) is 16.8 Å². The number of nitriles is 1. The molecule has 1 aromatic heterocycles. The molecule has 0 N–H and O–H groups in total. The average molecular weight is 273 g/mol. The Morgan fingerprint density at radius 3 is 2.55 bits per heavy atom. The summed E-state index contributed by atoms with van der Waals surface area (Å²) in [5, 5.41) is 18.3. The average Bonchev–Trinajstić information content (AvgIpc) is 2.45. The maximum atomic E-state index is 9.56. The Kier molecular flexibility index (Phi) is 4.56. The number of rotatable bonds is 3. The summed E-state index contributed by atoms with van der Waals surface area (Å²) in [5.41, 5.74) is 2.73. The standard InChI is InChI=1S/C15H23N5/c1-5-12-13(9-16)15(18-17-14(12)6-2)20-8-7-19(4)10-11(20)3/h11H,5-8,10H2,1-4H3. The van der Waals surface area contributed by atoms with Crippen molar-refractivity contribution in [1.82, 2.24) is 15.1 Å². The first-order valence-electron chi connectivity index (χ1n) is 7.36. The van der Waals surface area contributed by atoms with E-state index in [0.29, 0.717) is 6.04 Å². The Bertz CT molecular complexity index is 520. The Hall–Kier alpha value is -1.67. The van der Waals surface area contributed by atoms with Crippen molar-refractivity contribution in [2.75, 3.05) is 31.6 Å². The monoisotopic (exact) mass is 273 g/mol. The van der Waals surface area contributed by atoms with Gasteiger partial charge in [0, 0.05) is 25.7 Å². The number of hydrogen-bond donors (Lipinski definition) is 0. The van der Waals surface area contributed by atoms with E-state index in [1.807, 2.05) is 0 Å². The zero-order valence-corrected chi connectivity index (χ0v) is 12.8. The van der Waals surface area contributed by atoms with Gasteiger partial charge in [0.1, 0.15) is 11.6 Å². The summed E-state index contributed by atoms with van der Waals surface area (Å²) in [6.07, 6.45) is 1.65. The van der Waals surface area contributed by atoms with Crippen LogP contribution in [0.1, 0.15) is 37.6 Å². The van der Waals surface area contributed by atoms with Crippen LogP contribution in [0.2, 0.25) is 0 Å². The topological polar surface area (TPSA) is 56.1 Å². The highest BCUT2D eigenvalue weighted by molar-refractivity contribution is 5.58. The minimum atomic E-state index is 0.354. The lowest BCUT2D eigenvalue weighted by molar-refractivity contribution is 0.274. The third-order valence-electron chi connectivity index (χ3n) is 4.04. The highest BCUT2D eigenvalue weighted by Crippen LogP contribution is 2.26. The van der Waals surface area contributed by atoms with Gasteiger partial charge in [0.25, 0.3) is 0 Å². The fourth-order valence-electron chi connectivity index (χ4n) is 2.94. The van der Waals surface area contributed by atoms with Crippen LogP contribution in [-0.4, -0.2) is 47.8 Å². The van der Waals surface area contributed by atoms with E-state index in [1.165, 1.54) is 0 Å². The minimum Gasteiger partial charge on any atom is -0.349 e. The first kappa shape index (κ1) is 14.7. The third kappa shape index (κ3) is 2.61. The van der Waals surface area contributed by atoms with Gasteiger partial charge in [-0.2, -0.15) is 10.4 Å². The molecule has 0 amide bonds. The predicted octanol–water partition coefficient (Wildman–Crippen LogP) is 1.61. The summed E-state index contributed by atoms with van der Waals surface area (Å²) >= 11 is 0. The third-order valence-corrected chi connectivity index (χ3v) is 4.04. The molecule has 0 aliphatic carbocycles. The van der Waals surface area contributed by atoms with E-state index in [-0.39, 0.29) is 0 Å². The van der Waals surface area contributed by atoms with Crippen LogP contribution in [-0.2, 0) is 12.8 Å². The Balaban J connectivity index is 2.44. The lowest BCUT2D eigenvalue weighted by Crippen LogP contribution is -2.51. The second-order valence-corrected chi connectivity index (χ2v) is 5.45. The van der Waals surface area contributed by atoms with Crippen LogP contribution < -0.4 is 4.90 Å². The Morgan fingerprint density at radius 2 is 2.00 bits per heavy atom. The van der Waals surface area contributed by atoms with E-state index in [0.717, 1.165) is 55.1 Å². The van der Waals surface area contributed by atoms with Crippen molar-refractivity contribution in [3.63, 3.8) is 0 Å². The van der Waals surface area contributed by atoms with E-state index < -0.39 is 0 Å². The maximum absolute atomic E-state index is 9.56. The van der Waals surface area contributed by atoms with Crippen molar-refractivity contribution in [2.24, 2.45) is 0 Å². The van der Waals surface area contributed by atoms with Crippen molar-refractivity contribution in [1.29, 1.82) is 5.26 Å². The molecular formula is C15H23N5. The number of nitrogens with zero attached hydrogens (tertiary/aromatic N) is 5. The first-order valence-corrected chi connectivity index (χ1v) is 7.36. The second-order valence-electron chi connectivity index (χ2n) is 5.45. The van der Waals surface area contributed by atoms with Crippen molar-refractivity contribution < 1.29 is 0 Å². The highest BCUT2D eigenvalue weighted by Gasteiger charge is 2.26. The fraction of sp³-hybridized carbons (Fsp3) is 0.667. The summed E-state index contributed by atoms with van der Waals surface area (Å²) in [4.78, 5) is 4.53. The van der Waals surface area contributed by atoms with E-state index >= 15 is 0 Å². The van der Waals surface area contributed by atoms with Crippen LogP contribution in [0.5, 0.6) is 0 Å². The van der Waals surface area contributed by atoms with Gasteiger partial charge in [-0.15, -0.1) is 5.10 Å². The van der Waals surface area contributed by atoms with Crippen LogP contribution in [0.25, 0.3) is 0 Å². The van der Waals surface area contributed by atoms with E-state index in [1.54, 1.807) is 0 Å². The predicted molar refractivity (Wildman–Crippen MR) is 79.8 cm³/mol. The van der Waals surface area contributed by atoms with Crippen LogP contribution >= 0.6 is 0 Å². The molecule has 1 saturated heterocycles. The first-order chi connectivity index (χ1) is 9.62. The van der Waals surface area contributed by atoms with Crippen LogP contribution in [0.3, 0.4) is 0 Å². The molecular weight excluding hydrogens is 250 g/mol. The quantitative estimate of drug-likeness (QED) is 0.837. The van der Waals surface area contributed by atoms with Crippen molar-refractivity contribution in [2.45, 2.75) is 39.7 Å². The molecule has 0 spiro atoms. The van der Waals surface area contributed by atoms with Crippen molar-refractivity contribution >= 4 is 5.82 Å². The molecule has 0 aromatic carbocycles.